The molecule has 1 atom stereocenters. The maximum atomic E-state index is 13.1. The smallest absolute Gasteiger partial charge is 0.433 e. The number of carbonyl (C=O) groups is 2. The summed E-state index contributed by atoms with van der Waals surface area (Å²) in [6, 6.07) is -0.728. The number of aliphatic hydroxyl groups is 1. The van der Waals surface area contributed by atoms with Gasteiger partial charge in [0.15, 0.2) is 11.8 Å². The van der Waals surface area contributed by atoms with Gasteiger partial charge < -0.3 is 14.9 Å². The van der Waals surface area contributed by atoms with E-state index < -0.39 is 47.4 Å². The summed E-state index contributed by atoms with van der Waals surface area (Å²) in [5, 5.41) is 22.1. The Bertz CT molecular complexity index is 607. The standard InChI is InChI=1S/C13H15F3N2O5/c1-2-23-12(22)9(19)6-3-7(4-6)18-10(13(14,15)16)8(5-17-18)11(20)21/h5-7,9,19H,2-4H2,1H3,(H,20,21)/t6-,7-,9?. The van der Waals surface area contributed by atoms with Crippen molar-refractivity contribution in [3.63, 3.8) is 0 Å². The van der Waals surface area contributed by atoms with Gasteiger partial charge in [0.2, 0.25) is 0 Å². The number of esters is 1. The van der Waals surface area contributed by atoms with Crippen LogP contribution in [0, 0.1) is 5.92 Å². The van der Waals surface area contributed by atoms with Gasteiger partial charge in [0, 0.05) is 0 Å². The molecular formula is C13H15F3N2O5. The maximum Gasteiger partial charge on any atom is 0.433 e. The number of carboxylic acid groups (broad SMARTS) is 1. The number of rotatable bonds is 5. The van der Waals surface area contributed by atoms with E-state index in [4.69, 9.17) is 5.11 Å². The molecule has 0 spiro atoms. The molecule has 1 aliphatic carbocycles. The minimum absolute atomic E-state index is 0.0732. The zero-order chi connectivity index (χ0) is 17.4. The molecule has 128 valence electrons. The van der Waals surface area contributed by atoms with E-state index in [2.05, 4.69) is 9.84 Å². The van der Waals surface area contributed by atoms with E-state index in [-0.39, 0.29) is 19.4 Å². The zero-order valence-electron chi connectivity index (χ0n) is 12.1. The van der Waals surface area contributed by atoms with Crippen LogP contribution in [0.5, 0.6) is 0 Å². The van der Waals surface area contributed by atoms with Crippen molar-refractivity contribution in [2.45, 2.75) is 38.1 Å². The summed E-state index contributed by atoms with van der Waals surface area (Å²) in [5.41, 5.74) is -2.26. The van der Waals surface area contributed by atoms with E-state index in [1.165, 1.54) is 0 Å². The lowest BCUT2D eigenvalue weighted by atomic mass is 9.76. The number of alkyl halides is 3. The van der Waals surface area contributed by atoms with Gasteiger partial charge >= 0.3 is 18.1 Å². The Balaban J connectivity index is 2.14. The third-order valence-corrected chi connectivity index (χ3v) is 3.76. The Morgan fingerprint density at radius 2 is 2.09 bits per heavy atom. The van der Waals surface area contributed by atoms with Crippen LogP contribution in [0.2, 0.25) is 0 Å². The SMILES string of the molecule is CCOC(=O)C(O)[C@H]1C[C@H](n2ncc(C(=O)O)c2C(F)(F)F)C1. The van der Waals surface area contributed by atoms with Gasteiger partial charge in [0.25, 0.3) is 0 Å². The molecule has 1 fully saturated rings. The summed E-state index contributed by atoms with van der Waals surface area (Å²) in [6.07, 6.45) is -5.47. The highest BCUT2D eigenvalue weighted by Crippen LogP contribution is 2.43. The minimum Gasteiger partial charge on any atom is -0.478 e. The van der Waals surface area contributed by atoms with Crippen molar-refractivity contribution in [3.05, 3.63) is 17.5 Å². The lowest BCUT2D eigenvalue weighted by Gasteiger charge is -2.38. The number of aliphatic hydroxyl groups excluding tert-OH is 1. The molecule has 10 heteroatoms. The van der Waals surface area contributed by atoms with Gasteiger partial charge in [-0.1, -0.05) is 0 Å². The molecule has 1 heterocycles. The molecule has 0 aliphatic heterocycles. The topological polar surface area (TPSA) is 102 Å². The van der Waals surface area contributed by atoms with Crippen molar-refractivity contribution in [1.29, 1.82) is 0 Å². The second-order valence-corrected chi connectivity index (χ2v) is 5.24. The number of hydrogen-bond donors (Lipinski definition) is 2. The predicted molar refractivity (Wildman–Crippen MR) is 68.6 cm³/mol. The summed E-state index contributed by atoms with van der Waals surface area (Å²) in [4.78, 5) is 22.3. The van der Waals surface area contributed by atoms with Crippen molar-refractivity contribution in [3.8, 4) is 0 Å². The molecule has 1 aromatic rings. The van der Waals surface area contributed by atoms with E-state index in [1.54, 1.807) is 6.92 Å². The summed E-state index contributed by atoms with van der Waals surface area (Å²) in [6.45, 7) is 1.66. The lowest BCUT2D eigenvalue weighted by molar-refractivity contribution is -0.160. The second-order valence-electron chi connectivity index (χ2n) is 5.24. The van der Waals surface area contributed by atoms with Crippen LogP contribution in [0.4, 0.5) is 13.2 Å². The van der Waals surface area contributed by atoms with Crippen LogP contribution < -0.4 is 0 Å². The summed E-state index contributed by atoms with van der Waals surface area (Å²) < 4.78 is 44.4. The Labute approximate surface area is 128 Å². The fourth-order valence-electron chi connectivity index (χ4n) is 2.59. The molecule has 0 saturated heterocycles. The predicted octanol–water partition coefficient (Wildman–Crippen LogP) is 1.48. The molecule has 23 heavy (non-hydrogen) atoms. The Hall–Kier alpha value is -2.10. The Morgan fingerprint density at radius 3 is 2.57 bits per heavy atom. The summed E-state index contributed by atoms with van der Waals surface area (Å²) >= 11 is 0. The third-order valence-electron chi connectivity index (χ3n) is 3.76. The number of halogens is 3. The van der Waals surface area contributed by atoms with E-state index in [9.17, 15) is 27.9 Å². The first kappa shape index (κ1) is 17.3. The number of carboxylic acids is 1. The quantitative estimate of drug-likeness (QED) is 0.790. The monoisotopic (exact) mass is 336 g/mol. The molecule has 0 radical (unpaired) electrons. The number of ether oxygens (including phenoxy) is 1. The fourth-order valence-corrected chi connectivity index (χ4v) is 2.59. The Kier molecular flexibility index (Phi) is 4.64. The molecule has 0 aromatic carbocycles. The molecule has 1 unspecified atom stereocenters. The number of aromatic carboxylic acids is 1. The number of nitrogens with zero attached hydrogens (tertiary/aromatic N) is 2. The van der Waals surface area contributed by atoms with Crippen LogP contribution in [0.15, 0.2) is 6.20 Å². The van der Waals surface area contributed by atoms with Crippen LogP contribution in [0.25, 0.3) is 0 Å². The van der Waals surface area contributed by atoms with Crippen molar-refractivity contribution in [2.75, 3.05) is 6.61 Å². The number of carbonyl (C=O) groups excluding carboxylic acids is 1. The third kappa shape index (κ3) is 3.31. The van der Waals surface area contributed by atoms with Gasteiger partial charge in [0.1, 0.15) is 5.56 Å². The van der Waals surface area contributed by atoms with Gasteiger partial charge in [0.05, 0.1) is 18.8 Å². The minimum atomic E-state index is -4.87. The molecule has 2 N–H and O–H groups in total. The van der Waals surface area contributed by atoms with Gasteiger partial charge in [-0.05, 0) is 25.7 Å². The average Bonchev–Trinajstić information content (AvgIpc) is 2.81. The fraction of sp³-hybridized carbons (Fsp3) is 0.615. The summed E-state index contributed by atoms with van der Waals surface area (Å²) in [7, 11) is 0. The first-order valence-corrected chi connectivity index (χ1v) is 6.89. The van der Waals surface area contributed by atoms with Crippen LogP contribution in [-0.4, -0.2) is 44.6 Å². The van der Waals surface area contributed by atoms with Crippen molar-refractivity contribution < 1.29 is 37.7 Å². The van der Waals surface area contributed by atoms with Crippen LogP contribution in [-0.2, 0) is 15.7 Å². The normalized spacial score (nSPS) is 22.3. The van der Waals surface area contributed by atoms with Crippen molar-refractivity contribution in [2.24, 2.45) is 5.92 Å². The highest BCUT2D eigenvalue weighted by molar-refractivity contribution is 5.88. The van der Waals surface area contributed by atoms with Crippen LogP contribution in [0.3, 0.4) is 0 Å². The molecule has 1 aliphatic rings. The van der Waals surface area contributed by atoms with Gasteiger partial charge in [-0.15, -0.1) is 0 Å². The van der Waals surface area contributed by atoms with Gasteiger partial charge in [-0.25, -0.2) is 9.59 Å². The van der Waals surface area contributed by atoms with Gasteiger partial charge in [-0.2, -0.15) is 18.3 Å². The molecule has 2 rings (SSSR count). The van der Waals surface area contributed by atoms with E-state index >= 15 is 0 Å². The van der Waals surface area contributed by atoms with E-state index in [0.29, 0.717) is 10.9 Å². The van der Waals surface area contributed by atoms with Crippen molar-refractivity contribution in [1.82, 2.24) is 9.78 Å². The van der Waals surface area contributed by atoms with Crippen LogP contribution in [0.1, 0.15) is 41.9 Å². The second kappa shape index (κ2) is 6.19. The zero-order valence-corrected chi connectivity index (χ0v) is 12.1. The van der Waals surface area contributed by atoms with Crippen LogP contribution >= 0.6 is 0 Å². The number of aromatic nitrogens is 2. The largest absolute Gasteiger partial charge is 0.478 e. The van der Waals surface area contributed by atoms with E-state index in [0.717, 1.165) is 0 Å². The highest BCUT2D eigenvalue weighted by atomic mass is 19.4. The molecule has 0 amide bonds. The van der Waals surface area contributed by atoms with Crippen molar-refractivity contribution >= 4 is 11.9 Å². The first-order chi connectivity index (χ1) is 10.7. The lowest BCUT2D eigenvalue weighted by Crippen LogP contribution is -2.41. The molecule has 7 nitrogen and oxygen atoms in total. The van der Waals surface area contributed by atoms with Gasteiger partial charge in [-0.3, -0.25) is 4.68 Å². The molecule has 1 saturated carbocycles. The molecular weight excluding hydrogens is 321 g/mol. The summed E-state index contributed by atoms with van der Waals surface area (Å²) in [5.74, 6) is -3.08. The van der Waals surface area contributed by atoms with E-state index in [1.807, 2.05) is 0 Å². The molecule has 1 aromatic heterocycles. The molecule has 0 bridgehead atoms. The average molecular weight is 336 g/mol. The Morgan fingerprint density at radius 1 is 1.48 bits per heavy atom. The first-order valence-electron chi connectivity index (χ1n) is 6.89. The number of hydrogen-bond acceptors (Lipinski definition) is 5. The maximum absolute atomic E-state index is 13.1. The highest BCUT2D eigenvalue weighted by Gasteiger charge is 2.46.